The molecule has 2 bridgehead atoms. The van der Waals surface area contributed by atoms with E-state index in [0.29, 0.717) is 11.8 Å². The summed E-state index contributed by atoms with van der Waals surface area (Å²) in [5, 5.41) is 0. The number of carbonyl (C=O) groups excluding carboxylic acids is 2. The summed E-state index contributed by atoms with van der Waals surface area (Å²) in [5.74, 6) is 0.887. The molecule has 3 aliphatic rings. The van der Waals surface area contributed by atoms with Crippen molar-refractivity contribution in [1.82, 2.24) is 0 Å². The second kappa shape index (κ2) is 4.56. The van der Waals surface area contributed by atoms with Gasteiger partial charge in [0.1, 0.15) is 0 Å². The molecule has 0 aromatic heterocycles. The van der Waals surface area contributed by atoms with Crippen molar-refractivity contribution >= 4 is 11.9 Å². The van der Waals surface area contributed by atoms with Crippen LogP contribution in [0.2, 0.25) is 0 Å². The van der Waals surface area contributed by atoms with Crippen molar-refractivity contribution in [2.75, 3.05) is 7.11 Å². The first kappa shape index (κ1) is 12.0. The molecule has 0 radical (unpaired) electrons. The predicted molar refractivity (Wildman–Crippen MR) is 63.6 cm³/mol. The largest absolute Gasteiger partial charge is 0.466 e. The highest BCUT2D eigenvalue weighted by molar-refractivity contribution is 5.81. The first-order chi connectivity index (χ1) is 8.69. The average molecular weight is 252 g/mol. The molecule has 4 heteroatoms. The first-order valence-electron chi connectivity index (χ1n) is 6.97. The molecule has 3 fully saturated rings. The average Bonchev–Trinajstić information content (AvgIpc) is 3.00. The van der Waals surface area contributed by atoms with E-state index in [9.17, 15) is 9.59 Å². The van der Waals surface area contributed by atoms with Crippen LogP contribution in [0, 0.1) is 23.7 Å². The van der Waals surface area contributed by atoms with Gasteiger partial charge in [-0.3, -0.25) is 4.79 Å². The van der Waals surface area contributed by atoms with Crippen LogP contribution in [0.5, 0.6) is 0 Å². The molecule has 0 N–H and O–H groups in total. The molecule has 0 heterocycles. The third-order valence-electron chi connectivity index (χ3n) is 4.77. The highest BCUT2D eigenvalue weighted by atomic mass is 16.6. The van der Waals surface area contributed by atoms with Crippen molar-refractivity contribution in [3.63, 3.8) is 0 Å². The van der Waals surface area contributed by atoms with E-state index in [-0.39, 0.29) is 17.8 Å². The standard InChI is InChI=1S/C14H20O4/c1-17-14(16)12(9-4-5-9)18-13(15)11-7-8-2-3-10(11)6-8/h8-12H,2-7H2,1H3/t8-,10-,11-,12+/m0/s1. The van der Waals surface area contributed by atoms with Gasteiger partial charge in [0.25, 0.3) is 0 Å². The molecule has 100 valence electrons. The SMILES string of the molecule is COC(=O)[C@H](OC(=O)[C@H]1C[C@H]2CC[C@H]1C2)C1CC1. The van der Waals surface area contributed by atoms with Crippen LogP contribution in [0.4, 0.5) is 0 Å². The summed E-state index contributed by atoms with van der Waals surface area (Å²) in [6.07, 6.45) is 5.82. The molecular formula is C14H20O4. The van der Waals surface area contributed by atoms with E-state index >= 15 is 0 Å². The van der Waals surface area contributed by atoms with E-state index in [1.807, 2.05) is 0 Å². The Morgan fingerprint density at radius 3 is 2.39 bits per heavy atom. The minimum atomic E-state index is -0.651. The third kappa shape index (κ3) is 2.13. The number of ether oxygens (including phenoxy) is 2. The summed E-state index contributed by atoms with van der Waals surface area (Å²) < 4.78 is 10.2. The maximum atomic E-state index is 12.2. The van der Waals surface area contributed by atoms with Crippen molar-refractivity contribution in [2.24, 2.45) is 23.7 Å². The number of esters is 2. The molecule has 0 saturated heterocycles. The van der Waals surface area contributed by atoms with Crippen LogP contribution in [0.15, 0.2) is 0 Å². The molecule has 0 aromatic rings. The molecule has 3 rings (SSSR count). The van der Waals surface area contributed by atoms with Gasteiger partial charge < -0.3 is 9.47 Å². The summed E-state index contributed by atoms with van der Waals surface area (Å²) in [6, 6.07) is 0. The van der Waals surface area contributed by atoms with Crippen molar-refractivity contribution in [3.05, 3.63) is 0 Å². The lowest BCUT2D eigenvalue weighted by atomic mass is 9.89. The van der Waals surface area contributed by atoms with Crippen LogP contribution >= 0.6 is 0 Å². The quantitative estimate of drug-likeness (QED) is 0.717. The predicted octanol–water partition coefficient (Wildman–Crippen LogP) is 1.92. The smallest absolute Gasteiger partial charge is 0.347 e. The molecule has 4 nitrogen and oxygen atoms in total. The third-order valence-corrected chi connectivity index (χ3v) is 4.77. The van der Waals surface area contributed by atoms with Crippen molar-refractivity contribution in [1.29, 1.82) is 0 Å². The Balaban J connectivity index is 1.60. The monoisotopic (exact) mass is 252 g/mol. The zero-order valence-corrected chi connectivity index (χ0v) is 10.8. The Morgan fingerprint density at radius 2 is 1.89 bits per heavy atom. The molecule has 3 saturated carbocycles. The van der Waals surface area contributed by atoms with Gasteiger partial charge >= 0.3 is 11.9 Å². The van der Waals surface area contributed by atoms with Crippen molar-refractivity contribution in [2.45, 2.75) is 44.6 Å². The van der Waals surface area contributed by atoms with Gasteiger partial charge in [-0.05, 0) is 43.9 Å². The number of methoxy groups -OCH3 is 1. The van der Waals surface area contributed by atoms with Crippen LogP contribution in [0.25, 0.3) is 0 Å². The maximum Gasteiger partial charge on any atom is 0.347 e. The van der Waals surface area contributed by atoms with Gasteiger partial charge in [-0.2, -0.15) is 0 Å². The molecular weight excluding hydrogens is 232 g/mol. The van der Waals surface area contributed by atoms with Gasteiger partial charge in [0.15, 0.2) is 0 Å². The second-order valence-electron chi connectivity index (χ2n) is 6.00. The topological polar surface area (TPSA) is 52.6 Å². The Morgan fingerprint density at radius 1 is 1.11 bits per heavy atom. The lowest BCUT2D eigenvalue weighted by Gasteiger charge is -2.23. The summed E-state index contributed by atoms with van der Waals surface area (Å²) in [4.78, 5) is 23.8. The highest BCUT2D eigenvalue weighted by Crippen LogP contribution is 2.49. The van der Waals surface area contributed by atoms with Crippen molar-refractivity contribution < 1.29 is 19.1 Å². The molecule has 18 heavy (non-hydrogen) atoms. The molecule has 3 aliphatic carbocycles. The normalized spacial score (nSPS) is 35.3. The Hall–Kier alpha value is -1.06. The van der Waals surface area contributed by atoms with E-state index in [1.54, 1.807) is 0 Å². The van der Waals surface area contributed by atoms with Crippen LogP contribution in [0.3, 0.4) is 0 Å². The fourth-order valence-corrected chi connectivity index (χ4v) is 3.60. The Bertz CT molecular complexity index is 361. The van der Waals surface area contributed by atoms with Crippen LogP contribution in [-0.2, 0) is 19.1 Å². The van der Waals surface area contributed by atoms with Crippen LogP contribution in [0.1, 0.15) is 38.5 Å². The van der Waals surface area contributed by atoms with Gasteiger partial charge in [-0.15, -0.1) is 0 Å². The number of hydrogen-bond acceptors (Lipinski definition) is 4. The summed E-state index contributed by atoms with van der Waals surface area (Å²) in [6.45, 7) is 0. The summed E-state index contributed by atoms with van der Waals surface area (Å²) in [5.41, 5.74) is 0. The van der Waals surface area contributed by atoms with Gasteiger partial charge in [0.05, 0.1) is 13.0 Å². The zero-order valence-electron chi connectivity index (χ0n) is 10.8. The van der Waals surface area contributed by atoms with E-state index in [0.717, 1.165) is 25.7 Å². The highest BCUT2D eigenvalue weighted by Gasteiger charge is 2.47. The molecule has 4 atom stereocenters. The molecule has 0 unspecified atom stereocenters. The zero-order chi connectivity index (χ0) is 12.7. The minimum Gasteiger partial charge on any atom is -0.466 e. The Kier molecular flexibility index (Phi) is 3.04. The minimum absolute atomic E-state index is 0.0367. The van der Waals surface area contributed by atoms with Gasteiger partial charge in [0, 0.05) is 5.92 Å². The maximum absolute atomic E-state index is 12.2. The Labute approximate surface area is 107 Å². The second-order valence-corrected chi connectivity index (χ2v) is 6.00. The van der Waals surface area contributed by atoms with E-state index in [1.165, 1.54) is 20.0 Å². The lowest BCUT2D eigenvalue weighted by molar-refractivity contribution is -0.171. The number of rotatable bonds is 4. The van der Waals surface area contributed by atoms with Gasteiger partial charge in [0.2, 0.25) is 6.10 Å². The molecule has 0 spiro atoms. The number of fused-ring (bicyclic) bond motifs is 2. The fourth-order valence-electron chi connectivity index (χ4n) is 3.60. The molecule has 0 aromatic carbocycles. The van der Waals surface area contributed by atoms with E-state index < -0.39 is 12.1 Å². The van der Waals surface area contributed by atoms with Gasteiger partial charge in [-0.25, -0.2) is 4.79 Å². The van der Waals surface area contributed by atoms with E-state index in [2.05, 4.69) is 0 Å². The summed E-state index contributed by atoms with van der Waals surface area (Å²) in [7, 11) is 1.35. The van der Waals surface area contributed by atoms with Crippen LogP contribution in [-0.4, -0.2) is 25.2 Å². The summed E-state index contributed by atoms with van der Waals surface area (Å²) >= 11 is 0. The number of hydrogen-bond donors (Lipinski definition) is 0. The molecule has 0 amide bonds. The molecule has 0 aliphatic heterocycles. The fraction of sp³-hybridized carbons (Fsp3) is 0.857. The van der Waals surface area contributed by atoms with Crippen LogP contribution < -0.4 is 0 Å². The first-order valence-corrected chi connectivity index (χ1v) is 6.97. The number of carbonyl (C=O) groups is 2. The van der Waals surface area contributed by atoms with Gasteiger partial charge in [-0.1, -0.05) is 6.42 Å². The van der Waals surface area contributed by atoms with Crippen molar-refractivity contribution in [3.8, 4) is 0 Å². The van der Waals surface area contributed by atoms with E-state index in [4.69, 9.17) is 9.47 Å². The lowest BCUT2D eigenvalue weighted by Crippen LogP contribution is -2.34.